The third-order valence-corrected chi connectivity index (χ3v) is 4.69. The molecule has 27 heavy (non-hydrogen) atoms. The number of fused-ring (bicyclic) bond motifs is 1. The van der Waals surface area contributed by atoms with Crippen molar-refractivity contribution in [1.29, 1.82) is 0 Å². The smallest absolute Gasteiger partial charge is 0.340 e. The molecule has 1 aliphatic heterocycles. The number of rotatable bonds is 5. The fourth-order valence-electron chi connectivity index (χ4n) is 3.52. The van der Waals surface area contributed by atoms with Gasteiger partial charge in [-0.25, -0.2) is 4.79 Å². The summed E-state index contributed by atoms with van der Waals surface area (Å²) in [5.74, 6) is -1.01. The molecule has 0 amide bonds. The Morgan fingerprint density at radius 3 is 2.78 bits per heavy atom. The third kappa shape index (κ3) is 3.20. The number of pyridine rings is 2. The lowest BCUT2D eigenvalue weighted by atomic mass is 9.84. The molecule has 142 valence electrons. The summed E-state index contributed by atoms with van der Waals surface area (Å²) in [5.41, 5.74) is 7.92. The number of hydrogen-bond acceptors (Lipinski definition) is 6. The quantitative estimate of drug-likeness (QED) is 0.811. The van der Waals surface area contributed by atoms with Crippen LogP contribution in [0.4, 0.5) is 0 Å². The van der Waals surface area contributed by atoms with E-state index in [0.717, 1.165) is 18.5 Å². The van der Waals surface area contributed by atoms with Gasteiger partial charge in [-0.1, -0.05) is 19.4 Å². The molecule has 2 aromatic rings. The van der Waals surface area contributed by atoms with Crippen molar-refractivity contribution < 1.29 is 14.3 Å². The Labute approximate surface area is 157 Å². The van der Waals surface area contributed by atoms with Gasteiger partial charge in [0.15, 0.2) is 0 Å². The van der Waals surface area contributed by atoms with Gasteiger partial charge in [0.1, 0.15) is 11.3 Å². The van der Waals surface area contributed by atoms with E-state index in [9.17, 15) is 9.59 Å². The number of hydrogen-bond donors (Lipinski definition) is 1. The molecule has 2 N–H and O–H groups in total. The van der Waals surface area contributed by atoms with Gasteiger partial charge in [0, 0.05) is 30.7 Å². The Bertz CT molecular complexity index is 948. The Kier molecular flexibility index (Phi) is 5.30. The lowest BCUT2D eigenvalue weighted by molar-refractivity contribution is -0.136. The SMILES string of the molecule is CCCc1cc2c(c(=O)n1CC)C(c1cccnc1)C(C(=O)OC)=C(N)O2. The van der Waals surface area contributed by atoms with Gasteiger partial charge in [-0.3, -0.25) is 9.78 Å². The Hall–Kier alpha value is -3.09. The van der Waals surface area contributed by atoms with E-state index in [1.165, 1.54) is 7.11 Å². The number of methoxy groups -OCH3 is 1. The van der Waals surface area contributed by atoms with Crippen LogP contribution in [0.5, 0.6) is 5.75 Å². The van der Waals surface area contributed by atoms with Crippen LogP contribution in [0.25, 0.3) is 0 Å². The number of carbonyl (C=O) groups is 1. The largest absolute Gasteiger partial charge is 0.465 e. The van der Waals surface area contributed by atoms with Gasteiger partial charge in [0.2, 0.25) is 5.88 Å². The summed E-state index contributed by atoms with van der Waals surface area (Å²) in [5, 5.41) is 0. The fraction of sp³-hybridized carbons (Fsp3) is 0.350. The highest BCUT2D eigenvalue weighted by Crippen LogP contribution is 2.41. The Balaban J connectivity index is 2.32. The van der Waals surface area contributed by atoms with Crippen molar-refractivity contribution in [3.63, 3.8) is 0 Å². The van der Waals surface area contributed by atoms with Gasteiger partial charge in [-0.05, 0) is 25.0 Å². The minimum Gasteiger partial charge on any atom is -0.465 e. The van der Waals surface area contributed by atoms with Crippen molar-refractivity contribution in [1.82, 2.24) is 9.55 Å². The molecule has 0 fully saturated rings. The zero-order chi connectivity index (χ0) is 19.6. The summed E-state index contributed by atoms with van der Waals surface area (Å²) in [6, 6.07) is 5.39. The molecule has 0 aliphatic carbocycles. The maximum absolute atomic E-state index is 13.3. The highest BCUT2D eigenvalue weighted by molar-refractivity contribution is 5.92. The molecule has 0 spiro atoms. The van der Waals surface area contributed by atoms with Crippen LogP contribution >= 0.6 is 0 Å². The fourth-order valence-corrected chi connectivity index (χ4v) is 3.52. The molecule has 0 saturated carbocycles. The maximum atomic E-state index is 13.3. The monoisotopic (exact) mass is 369 g/mol. The van der Waals surface area contributed by atoms with Crippen molar-refractivity contribution in [3.05, 3.63) is 69.2 Å². The van der Waals surface area contributed by atoms with Gasteiger partial charge >= 0.3 is 5.97 Å². The van der Waals surface area contributed by atoms with Crippen molar-refractivity contribution in [2.75, 3.05) is 7.11 Å². The number of nitrogens with two attached hydrogens (primary N) is 1. The molecule has 1 unspecified atom stereocenters. The summed E-state index contributed by atoms with van der Waals surface area (Å²) in [6.45, 7) is 4.49. The van der Waals surface area contributed by atoms with Gasteiger partial charge in [-0.15, -0.1) is 0 Å². The molecule has 3 heterocycles. The summed E-state index contributed by atoms with van der Waals surface area (Å²) in [4.78, 5) is 29.9. The van der Waals surface area contributed by atoms with E-state index < -0.39 is 11.9 Å². The molecule has 0 radical (unpaired) electrons. The second kappa shape index (κ2) is 7.65. The summed E-state index contributed by atoms with van der Waals surface area (Å²) in [6.07, 6.45) is 4.88. The molecular formula is C20H23N3O4. The average molecular weight is 369 g/mol. The van der Waals surface area contributed by atoms with Crippen LogP contribution in [0.1, 0.15) is 43.0 Å². The minimum atomic E-state index is -0.698. The van der Waals surface area contributed by atoms with Gasteiger partial charge < -0.3 is 19.8 Å². The number of nitrogens with zero attached hydrogens (tertiary/aromatic N) is 2. The topological polar surface area (TPSA) is 96.4 Å². The normalized spacial score (nSPS) is 15.9. The van der Waals surface area contributed by atoms with Crippen molar-refractivity contribution >= 4 is 5.97 Å². The van der Waals surface area contributed by atoms with E-state index in [2.05, 4.69) is 4.98 Å². The average Bonchev–Trinajstić information content (AvgIpc) is 2.67. The maximum Gasteiger partial charge on any atom is 0.340 e. The second-order valence-electron chi connectivity index (χ2n) is 6.30. The number of esters is 1. The first-order valence-electron chi connectivity index (χ1n) is 8.95. The minimum absolute atomic E-state index is 0.0562. The molecule has 2 aromatic heterocycles. The molecule has 0 aromatic carbocycles. The summed E-state index contributed by atoms with van der Waals surface area (Å²) < 4.78 is 12.3. The molecule has 7 heteroatoms. The Morgan fingerprint density at radius 2 is 2.19 bits per heavy atom. The predicted octanol–water partition coefficient (Wildman–Crippen LogP) is 2.08. The highest BCUT2D eigenvalue weighted by atomic mass is 16.5. The van der Waals surface area contributed by atoms with Gasteiger partial charge in [0.25, 0.3) is 5.56 Å². The number of aromatic nitrogens is 2. The highest BCUT2D eigenvalue weighted by Gasteiger charge is 2.38. The van der Waals surface area contributed by atoms with Crippen LogP contribution in [-0.2, 0) is 22.5 Å². The first-order chi connectivity index (χ1) is 13.0. The van der Waals surface area contributed by atoms with E-state index >= 15 is 0 Å². The molecule has 3 rings (SSSR count). The van der Waals surface area contributed by atoms with E-state index in [1.807, 2.05) is 19.9 Å². The zero-order valence-corrected chi connectivity index (χ0v) is 15.7. The van der Waals surface area contributed by atoms with Crippen LogP contribution in [-0.4, -0.2) is 22.6 Å². The summed E-state index contributed by atoms with van der Waals surface area (Å²) >= 11 is 0. The molecule has 0 saturated heterocycles. The van der Waals surface area contributed by atoms with Gasteiger partial charge in [-0.2, -0.15) is 0 Å². The molecule has 1 aliphatic rings. The standard InChI is InChI=1S/C20H23N3O4/c1-4-7-13-10-14-16(19(24)23(13)5-2)15(12-8-6-9-22-11-12)17(18(21)27-14)20(25)26-3/h6,8-11,15H,4-5,7,21H2,1-3H3. The van der Waals surface area contributed by atoms with E-state index in [-0.39, 0.29) is 17.0 Å². The van der Waals surface area contributed by atoms with Crippen LogP contribution in [0, 0.1) is 0 Å². The van der Waals surface area contributed by atoms with E-state index in [4.69, 9.17) is 15.2 Å². The molecule has 0 bridgehead atoms. The lowest BCUT2D eigenvalue weighted by Crippen LogP contribution is -2.35. The van der Waals surface area contributed by atoms with Crippen LogP contribution in [0.2, 0.25) is 0 Å². The second-order valence-corrected chi connectivity index (χ2v) is 6.30. The third-order valence-electron chi connectivity index (χ3n) is 4.69. The van der Waals surface area contributed by atoms with Crippen molar-refractivity contribution in [2.45, 2.75) is 39.2 Å². The first kappa shape index (κ1) is 18.7. The number of aryl methyl sites for hydroxylation is 1. The molecular weight excluding hydrogens is 346 g/mol. The Morgan fingerprint density at radius 1 is 1.41 bits per heavy atom. The molecule has 1 atom stereocenters. The lowest BCUT2D eigenvalue weighted by Gasteiger charge is -2.29. The van der Waals surface area contributed by atoms with Gasteiger partial charge in [0.05, 0.1) is 18.6 Å². The molecule has 7 nitrogen and oxygen atoms in total. The van der Waals surface area contributed by atoms with Crippen LogP contribution in [0.15, 0.2) is 46.8 Å². The van der Waals surface area contributed by atoms with Crippen LogP contribution < -0.4 is 16.0 Å². The number of carbonyl (C=O) groups excluding carboxylic acids is 1. The van der Waals surface area contributed by atoms with E-state index in [1.54, 1.807) is 29.1 Å². The predicted molar refractivity (Wildman–Crippen MR) is 100 cm³/mol. The van der Waals surface area contributed by atoms with Crippen molar-refractivity contribution in [3.8, 4) is 5.75 Å². The number of ether oxygens (including phenoxy) is 2. The van der Waals surface area contributed by atoms with Crippen molar-refractivity contribution in [2.24, 2.45) is 5.73 Å². The first-order valence-corrected chi connectivity index (χ1v) is 8.95. The summed E-state index contributed by atoms with van der Waals surface area (Å²) in [7, 11) is 1.27. The zero-order valence-electron chi connectivity index (χ0n) is 15.7. The van der Waals surface area contributed by atoms with Crippen LogP contribution in [0.3, 0.4) is 0 Å². The van der Waals surface area contributed by atoms with E-state index in [0.29, 0.717) is 23.4 Å².